The van der Waals surface area contributed by atoms with Crippen LogP contribution < -0.4 is 0 Å². The number of likely N-dealkylation sites (tertiary alicyclic amines) is 1. The quantitative estimate of drug-likeness (QED) is 0.767. The van der Waals surface area contributed by atoms with E-state index in [1.807, 2.05) is 0 Å². The fourth-order valence-electron chi connectivity index (χ4n) is 1.49. The maximum atomic E-state index is 13.3. The number of hydrogen-bond donors (Lipinski definition) is 0. The first-order valence-corrected chi connectivity index (χ1v) is 5.58. The summed E-state index contributed by atoms with van der Waals surface area (Å²) in [6.07, 6.45) is 2.30. The summed E-state index contributed by atoms with van der Waals surface area (Å²) in [5.74, 6) is -0.296. The second-order valence-electron chi connectivity index (χ2n) is 3.45. The standard InChI is InChI=1S/C10H11FN2OS/c1-13-6-4-8(10(13)14)15-9-7(11)3-2-5-12-9/h2-3,5,8H,4,6H2,1H3/t8-/m0/s1. The average Bonchev–Trinajstić information content (AvgIpc) is 2.53. The average molecular weight is 226 g/mol. The highest BCUT2D eigenvalue weighted by Crippen LogP contribution is 2.30. The third-order valence-corrected chi connectivity index (χ3v) is 3.60. The van der Waals surface area contributed by atoms with Crippen LogP contribution >= 0.6 is 11.8 Å². The lowest BCUT2D eigenvalue weighted by Crippen LogP contribution is -2.23. The maximum Gasteiger partial charge on any atom is 0.235 e. The number of carbonyl (C=O) groups is 1. The fourth-order valence-corrected chi connectivity index (χ4v) is 2.57. The van der Waals surface area contributed by atoms with Gasteiger partial charge in [-0.25, -0.2) is 9.37 Å². The number of rotatable bonds is 2. The van der Waals surface area contributed by atoms with Gasteiger partial charge in [0.2, 0.25) is 5.91 Å². The van der Waals surface area contributed by atoms with E-state index in [9.17, 15) is 9.18 Å². The van der Waals surface area contributed by atoms with Gasteiger partial charge in [0.05, 0.1) is 5.25 Å². The van der Waals surface area contributed by atoms with Crippen molar-refractivity contribution >= 4 is 17.7 Å². The molecule has 0 bridgehead atoms. The molecular formula is C10H11FN2OS. The molecule has 1 amide bonds. The molecule has 3 nitrogen and oxygen atoms in total. The van der Waals surface area contributed by atoms with Crippen LogP contribution in [0.4, 0.5) is 4.39 Å². The van der Waals surface area contributed by atoms with Gasteiger partial charge in [0.15, 0.2) is 5.82 Å². The number of amides is 1. The Morgan fingerprint density at radius 3 is 3.07 bits per heavy atom. The second kappa shape index (κ2) is 4.18. The molecule has 0 radical (unpaired) electrons. The van der Waals surface area contributed by atoms with Gasteiger partial charge in [-0.3, -0.25) is 4.79 Å². The lowest BCUT2D eigenvalue weighted by molar-refractivity contribution is -0.126. The van der Waals surface area contributed by atoms with E-state index in [1.165, 1.54) is 24.0 Å². The lowest BCUT2D eigenvalue weighted by atomic mass is 10.4. The SMILES string of the molecule is CN1CC[C@H](Sc2ncccc2F)C1=O. The van der Waals surface area contributed by atoms with Crippen LogP contribution in [0.5, 0.6) is 0 Å². The van der Waals surface area contributed by atoms with E-state index in [4.69, 9.17) is 0 Å². The van der Waals surface area contributed by atoms with Crippen molar-refractivity contribution in [1.29, 1.82) is 0 Å². The number of thioether (sulfide) groups is 1. The van der Waals surface area contributed by atoms with E-state index >= 15 is 0 Å². The van der Waals surface area contributed by atoms with E-state index in [2.05, 4.69) is 4.98 Å². The largest absolute Gasteiger partial charge is 0.345 e. The molecule has 1 atom stereocenters. The minimum atomic E-state index is -0.357. The molecule has 1 aromatic heterocycles. The highest BCUT2D eigenvalue weighted by molar-refractivity contribution is 8.00. The predicted octanol–water partition coefficient (Wildman–Crippen LogP) is 1.54. The van der Waals surface area contributed by atoms with Gasteiger partial charge < -0.3 is 4.90 Å². The Morgan fingerprint density at radius 2 is 2.47 bits per heavy atom. The summed E-state index contributed by atoms with van der Waals surface area (Å²) in [4.78, 5) is 17.2. The molecule has 2 heterocycles. The number of carbonyl (C=O) groups excluding carboxylic acids is 1. The van der Waals surface area contributed by atoms with Crippen LogP contribution in [0.2, 0.25) is 0 Å². The minimum Gasteiger partial charge on any atom is -0.345 e. The number of nitrogens with zero attached hydrogens (tertiary/aromatic N) is 2. The number of aromatic nitrogens is 1. The fraction of sp³-hybridized carbons (Fsp3) is 0.400. The highest BCUT2D eigenvalue weighted by Gasteiger charge is 2.30. The molecule has 15 heavy (non-hydrogen) atoms. The van der Waals surface area contributed by atoms with Gasteiger partial charge in [-0.05, 0) is 18.6 Å². The first-order chi connectivity index (χ1) is 7.18. The predicted molar refractivity (Wildman–Crippen MR) is 56.1 cm³/mol. The van der Waals surface area contributed by atoms with Crippen molar-refractivity contribution < 1.29 is 9.18 Å². The molecule has 1 fully saturated rings. The molecule has 0 aromatic carbocycles. The molecule has 0 aliphatic carbocycles. The number of hydrogen-bond acceptors (Lipinski definition) is 3. The van der Waals surface area contributed by atoms with Gasteiger partial charge in [0.25, 0.3) is 0 Å². The topological polar surface area (TPSA) is 33.2 Å². The van der Waals surface area contributed by atoms with Gasteiger partial charge in [0.1, 0.15) is 5.03 Å². The van der Waals surface area contributed by atoms with Crippen LogP contribution in [0, 0.1) is 5.82 Å². The van der Waals surface area contributed by atoms with Crippen LogP contribution in [-0.4, -0.2) is 34.6 Å². The summed E-state index contributed by atoms with van der Waals surface area (Å²) in [6, 6.07) is 2.90. The van der Waals surface area contributed by atoms with E-state index in [0.29, 0.717) is 5.03 Å². The zero-order valence-corrected chi connectivity index (χ0v) is 9.13. The monoisotopic (exact) mass is 226 g/mol. The van der Waals surface area contributed by atoms with Crippen molar-refractivity contribution in [2.24, 2.45) is 0 Å². The van der Waals surface area contributed by atoms with E-state index < -0.39 is 0 Å². The zero-order valence-electron chi connectivity index (χ0n) is 8.31. The number of pyridine rings is 1. The molecule has 5 heteroatoms. The van der Waals surface area contributed by atoms with Crippen LogP contribution in [0.25, 0.3) is 0 Å². The summed E-state index contributed by atoms with van der Waals surface area (Å²) in [6.45, 7) is 0.741. The Hall–Kier alpha value is -1.10. The molecule has 80 valence electrons. The lowest BCUT2D eigenvalue weighted by Gasteiger charge is -2.09. The van der Waals surface area contributed by atoms with Crippen molar-refractivity contribution in [2.45, 2.75) is 16.7 Å². The Balaban J connectivity index is 2.10. The van der Waals surface area contributed by atoms with Crippen molar-refractivity contribution in [2.75, 3.05) is 13.6 Å². The van der Waals surface area contributed by atoms with Crippen molar-refractivity contribution in [3.05, 3.63) is 24.1 Å². The van der Waals surface area contributed by atoms with E-state index in [1.54, 1.807) is 18.0 Å². The van der Waals surface area contributed by atoms with Gasteiger partial charge in [0, 0.05) is 19.8 Å². The maximum absolute atomic E-state index is 13.3. The van der Waals surface area contributed by atoms with Gasteiger partial charge in [-0.15, -0.1) is 0 Å². The molecule has 0 unspecified atom stereocenters. The summed E-state index contributed by atoms with van der Waals surface area (Å²) in [7, 11) is 1.76. The zero-order chi connectivity index (χ0) is 10.8. The first kappa shape index (κ1) is 10.4. The summed E-state index contributed by atoms with van der Waals surface area (Å²) >= 11 is 1.21. The molecule has 1 aromatic rings. The van der Waals surface area contributed by atoms with Crippen molar-refractivity contribution in [3.8, 4) is 0 Å². The Kier molecular flexibility index (Phi) is 2.90. The third-order valence-electron chi connectivity index (χ3n) is 2.36. The molecule has 1 aliphatic rings. The molecule has 0 N–H and O–H groups in total. The molecular weight excluding hydrogens is 215 g/mol. The first-order valence-electron chi connectivity index (χ1n) is 4.70. The third kappa shape index (κ3) is 2.12. The van der Waals surface area contributed by atoms with Crippen molar-refractivity contribution in [3.63, 3.8) is 0 Å². The van der Waals surface area contributed by atoms with Gasteiger partial charge >= 0.3 is 0 Å². The Morgan fingerprint density at radius 1 is 1.67 bits per heavy atom. The van der Waals surface area contributed by atoms with Crippen molar-refractivity contribution in [1.82, 2.24) is 9.88 Å². The summed E-state index contributed by atoms with van der Waals surface area (Å²) in [5.41, 5.74) is 0. The summed E-state index contributed by atoms with van der Waals surface area (Å²) in [5, 5.41) is 0.130. The smallest absolute Gasteiger partial charge is 0.235 e. The second-order valence-corrected chi connectivity index (χ2v) is 4.64. The molecule has 0 saturated carbocycles. The summed E-state index contributed by atoms with van der Waals surface area (Å²) < 4.78 is 13.3. The molecule has 1 aliphatic heterocycles. The Labute approximate surface area is 91.7 Å². The molecule has 2 rings (SSSR count). The highest BCUT2D eigenvalue weighted by atomic mass is 32.2. The van der Waals surface area contributed by atoms with Gasteiger partial charge in [-0.1, -0.05) is 11.8 Å². The van der Waals surface area contributed by atoms with Crippen LogP contribution in [0.1, 0.15) is 6.42 Å². The molecule has 1 saturated heterocycles. The van der Waals surface area contributed by atoms with Crippen LogP contribution in [-0.2, 0) is 4.79 Å². The minimum absolute atomic E-state index is 0.0602. The normalized spacial score (nSPS) is 21.1. The van der Waals surface area contributed by atoms with Crippen LogP contribution in [0.3, 0.4) is 0 Å². The van der Waals surface area contributed by atoms with E-state index in [-0.39, 0.29) is 17.0 Å². The molecule has 0 spiro atoms. The number of halogens is 1. The Bertz CT molecular complexity index is 385. The van der Waals surface area contributed by atoms with Crippen LogP contribution in [0.15, 0.2) is 23.4 Å². The van der Waals surface area contributed by atoms with Gasteiger partial charge in [-0.2, -0.15) is 0 Å². The van der Waals surface area contributed by atoms with E-state index in [0.717, 1.165) is 13.0 Å².